The van der Waals surface area contributed by atoms with E-state index in [9.17, 15) is 9.59 Å². The number of aromatic carboxylic acids is 1. The molecule has 0 fully saturated rings. The number of carboxylic acid groups (broad SMARTS) is 1. The van der Waals surface area contributed by atoms with E-state index in [2.05, 4.69) is 9.88 Å². The number of carbonyl (C=O) groups excluding carboxylic acids is 1. The Labute approximate surface area is 123 Å². The van der Waals surface area contributed by atoms with Gasteiger partial charge in [-0.3, -0.25) is 4.79 Å². The van der Waals surface area contributed by atoms with Crippen LogP contribution < -0.4 is 5.32 Å². The normalized spacial score (nSPS) is 10.8. The Morgan fingerprint density at radius 2 is 2.00 bits per heavy atom. The van der Waals surface area contributed by atoms with Gasteiger partial charge in [-0.05, 0) is 44.5 Å². The Kier molecular flexibility index (Phi) is 4.31. The number of amides is 1. The van der Waals surface area contributed by atoms with E-state index in [0.29, 0.717) is 19.5 Å². The van der Waals surface area contributed by atoms with E-state index >= 15 is 0 Å². The summed E-state index contributed by atoms with van der Waals surface area (Å²) in [5.41, 5.74) is 3.38. The van der Waals surface area contributed by atoms with Crippen molar-refractivity contribution in [3.8, 4) is 0 Å². The van der Waals surface area contributed by atoms with Crippen LogP contribution >= 0.6 is 0 Å². The summed E-state index contributed by atoms with van der Waals surface area (Å²) in [6.45, 7) is 7.09. The molecule has 0 radical (unpaired) electrons. The van der Waals surface area contributed by atoms with Crippen LogP contribution in [-0.4, -0.2) is 28.1 Å². The SMILES string of the molecule is CCNC(=O)CCn1c(C)c(C)c2cc(C(=O)O)ccc21. The lowest BCUT2D eigenvalue weighted by atomic mass is 10.1. The predicted octanol–water partition coefficient (Wildman–Crippen LogP) is 2.48. The average Bonchev–Trinajstić information content (AvgIpc) is 2.69. The number of hydrogen-bond donors (Lipinski definition) is 2. The van der Waals surface area contributed by atoms with Crippen molar-refractivity contribution in [2.75, 3.05) is 6.54 Å². The third kappa shape index (κ3) is 2.91. The summed E-state index contributed by atoms with van der Waals surface area (Å²) in [5, 5.41) is 12.8. The molecule has 2 rings (SSSR count). The largest absolute Gasteiger partial charge is 0.478 e. The minimum Gasteiger partial charge on any atom is -0.478 e. The molecule has 0 atom stereocenters. The fraction of sp³-hybridized carbons (Fsp3) is 0.375. The van der Waals surface area contributed by atoms with E-state index in [1.165, 1.54) is 0 Å². The number of carboxylic acids is 1. The lowest BCUT2D eigenvalue weighted by Crippen LogP contribution is -2.23. The van der Waals surface area contributed by atoms with Crippen molar-refractivity contribution in [3.05, 3.63) is 35.0 Å². The summed E-state index contributed by atoms with van der Waals surface area (Å²) < 4.78 is 2.07. The van der Waals surface area contributed by atoms with Crippen molar-refractivity contribution >= 4 is 22.8 Å². The molecule has 2 aromatic rings. The molecular weight excluding hydrogens is 268 g/mol. The molecule has 1 amide bonds. The van der Waals surface area contributed by atoms with Crippen LogP contribution in [0, 0.1) is 13.8 Å². The van der Waals surface area contributed by atoms with Gasteiger partial charge in [-0.2, -0.15) is 0 Å². The summed E-state index contributed by atoms with van der Waals surface area (Å²) in [4.78, 5) is 22.7. The maximum Gasteiger partial charge on any atom is 0.335 e. The fourth-order valence-corrected chi connectivity index (χ4v) is 2.57. The van der Waals surface area contributed by atoms with E-state index < -0.39 is 5.97 Å². The smallest absolute Gasteiger partial charge is 0.335 e. The number of rotatable bonds is 5. The molecular formula is C16H20N2O3. The van der Waals surface area contributed by atoms with Gasteiger partial charge in [0.05, 0.1) is 5.56 Å². The fourth-order valence-electron chi connectivity index (χ4n) is 2.57. The topological polar surface area (TPSA) is 71.3 Å². The van der Waals surface area contributed by atoms with E-state index in [4.69, 9.17) is 5.11 Å². The van der Waals surface area contributed by atoms with Crippen molar-refractivity contribution < 1.29 is 14.7 Å². The van der Waals surface area contributed by atoms with Crippen molar-refractivity contribution in [2.24, 2.45) is 0 Å². The van der Waals surface area contributed by atoms with Crippen LogP contribution in [-0.2, 0) is 11.3 Å². The second-order valence-corrected chi connectivity index (χ2v) is 5.10. The third-order valence-corrected chi connectivity index (χ3v) is 3.82. The zero-order chi connectivity index (χ0) is 15.6. The molecule has 5 heteroatoms. The maximum absolute atomic E-state index is 11.6. The van der Waals surface area contributed by atoms with Gasteiger partial charge >= 0.3 is 5.97 Å². The second-order valence-electron chi connectivity index (χ2n) is 5.10. The Bertz CT molecular complexity index is 701. The predicted molar refractivity (Wildman–Crippen MR) is 81.7 cm³/mol. The standard InChI is InChI=1S/C16H20N2O3/c1-4-17-15(19)7-8-18-11(3)10(2)13-9-12(16(20)21)5-6-14(13)18/h5-6,9H,4,7-8H2,1-3H3,(H,17,19)(H,20,21). The molecule has 0 bridgehead atoms. The Morgan fingerprint density at radius 1 is 1.29 bits per heavy atom. The van der Waals surface area contributed by atoms with Gasteiger partial charge in [0.25, 0.3) is 0 Å². The van der Waals surface area contributed by atoms with Crippen molar-refractivity contribution in [2.45, 2.75) is 33.7 Å². The summed E-state index contributed by atoms with van der Waals surface area (Å²) in [6.07, 6.45) is 0.415. The van der Waals surface area contributed by atoms with E-state index in [-0.39, 0.29) is 11.5 Å². The van der Waals surface area contributed by atoms with Crippen LogP contribution in [0.1, 0.15) is 35.0 Å². The van der Waals surface area contributed by atoms with Gasteiger partial charge in [0.1, 0.15) is 0 Å². The molecule has 1 heterocycles. The Balaban J connectivity index is 2.38. The van der Waals surface area contributed by atoms with E-state index in [1.54, 1.807) is 12.1 Å². The first kappa shape index (κ1) is 15.1. The van der Waals surface area contributed by atoms with Crippen molar-refractivity contribution in [1.82, 2.24) is 9.88 Å². The van der Waals surface area contributed by atoms with Crippen molar-refractivity contribution in [1.29, 1.82) is 0 Å². The quantitative estimate of drug-likeness (QED) is 0.888. The monoisotopic (exact) mass is 288 g/mol. The number of carbonyl (C=O) groups is 2. The summed E-state index contributed by atoms with van der Waals surface area (Å²) >= 11 is 0. The highest BCUT2D eigenvalue weighted by atomic mass is 16.4. The number of nitrogens with one attached hydrogen (secondary N) is 1. The highest BCUT2D eigenvalue weighted by Crippen LogP contribution is 2.26. The van der Waals surface area contributed by atoms with Crippen LogP contribution in [0.15, 0.2) is 18.2 Å². The number of hydrogen-bond acceptors (Lipinski definition) is 2. The molecule has 0 spiro atoms. The van der Waals surface area contributed by atoms with Gasteiger partial charge in [-0.25, -0.2) is 4.79 Å². The molecule has 21 heavy (non-hydrogen) atoms. The zero-order valence-electron chi connectivity index (χ0n) is 12.6. The van der Waals surface area contributed by atoms with E-state index in [1.807, 2.05) is 26.8 Å². The van der Waals surface area contributed by atoms with Crippen molar-refractivity contribution in [3.63, 3.8) is 0 Å². The summed E-state index contributed by atoms with van der Waals surface area (Å²) in [7, 11) is 0. The van der Waals surface area contributed by atoms with Gasteiger partial charge in [0, 0.05) is 36.1 Å². The molecule has 112 valence electrons. The Hall–Kier alpha value is -2.30. The minimum atomic E-state index is -0.927. The molecule has 0 aliphatic rings. The van der Waals surface area contributed by atoms with Gasteiger partial charge in [0.15, 0.2) is 0 Å². The van der Waals surface area contributed by atoms with Gasteiger partial charge in [-0.15, -0.1) is 0 Å². The van der Waals surface area contributed by atoms with Gasteiger partial charge < -0.3 is 15.0 Å². The number of benzene rings is 1. The molecule has 5 nitrogen and oxygen atoms in total. The van der Waals surface area contributed by atoms with Crippen LogP contribution in [0.4, 0.5) is 0 Å². The summed E-state index contributed by atoms with van der Waals surface area (Å²) in [5.74, 6) is -0.900. The first-order chi connectivity index (χ1) is 9.95. The molecule has 0 aliphatic heterocycles. The lowest BCUT2D eigenvalue weighted by Gasteiger charge is -2.08. The molecule has 1 aromatic carbocycles. The van der Waals surface area contributed by atoms with Crippen LogP contribution in [0.5, 0.6) is 0 Å². The second kappa shape index (κ2) is 5.99. The average molecular weight is 288 g/mol. The van der Waals surface area contributed by atoms with Crippen LogP contribution in [0.3, 0.4) is 0 Å². The number of aromatic nitrogens is 1. The molecule has 0 saturated carbocycles. The number of aryl methyl sites for hydroxylation is 2. The van der Waals surface area contributed by atoms with Crippen LogP contribution in [0.2, 0.25) is 0 Å². The highest BCUT2D eigenvalue weighted by molar-refractivity contribution is 5.95. The molecule has 1 aromatic heterocycles. The third-order valence-electron chi connectivity index (χ3n) is 3.82. The summed E-state index contributed by atoms with van der Waals surface area (Å²) in [6, 6.07) is 5.12. The van der Waals surface area contributed by atoms with Gasteiger partial charge in [0.2, 0.25) is 5.91 Å². The first-order valence-electron chi connectivity index (χ1n) is 7.05. The lowest BCUT2D eigenvalue weighted by molar-refractivity contribution is -0.121. The molecule has 2 N–H and O–H groups in total. The Morgan fingerprint density at radius 3 is 2.62 bits per heavy atom. The zero-order valence-corrected chi connectivity index (χ0v) is 12.6. The highest BCUT2D eigenvalue weighted by Gasteiger charge is 2.14. The molecule has 0 aliphatic carbocycles. The molecule has 0 unspecified atom stereocenters. The van der Waals surface area contributed by atoms with Crippen LogP contribution in [0.25, 0.3) is 10.9 Å². The minimum absolute atomic E-state index is 0.0264. The number of nitrogens with zero attached hydrogens (tertiary/aromatic N) is 1. The van der Waals surface area contributed by atoms with E-state index in [0.717, 1.165) is 22.2 Å². The first-order valence-corrected chi connectivity index (χ1v) is 7.05. The molecule has 0 saturated heterocycles. The van der Waals surface area contributed by atoms with Gasteiger partial charge in [-0.1, -0.05) is 0 Å². The number of fused-ring (bicyclic) bond motifs is 1. The maximum atomic E-state index is 11.6.